The fourth-order valence-corrected chi connectivity index (χ4v) is 6.02. The zero-order valence-electron chi connectivity index (χ0n) is 23.3. The van der Waals surface area contributed by atoms with E-state index in [-0.39, 0.29) is 5.41 Å². The number of nitrogens with zero attached hydrogens (tertiary/aromatic N) is 3. The van der Waals surface area contributed by atoms with Gasteiger partial charge in [-0.1, -0.05) is 118 Å². The van der Waals surface area contributed by atoms with E-state index in [4.69, 9.17) is 19.4 Å². The SMILES string of the molecule is C=C/C=C\C=C(/C)c1nc(-c2ccccc2)nc(-c2cccc3c2oc2c4c(ccc23)-c2ccccc2C4(C)C)n1. The van der Waals surface area contributed by atoms with Gasteiger partial charge in [-0.15, -0.1) is 0 Å². The first-order chi connectivity index (χ1) is 20.0. The minimum absolute atomic E-state index is 0.179. The molecule has 0 fully saturated rings. The maximum absolute atomic E-state index is 6.84. The van der Waals surface area contributed by atoms with Gasteiger partial charge < -0.3 is 4.42 Å². The van der Waals surface area contributed by atoms with E-state index in [1.54, 1.807) is 6.08 Å². The number of rotatable bonds is 5. The van der Waals surface area contributed by atoms with Crippen LogP contribution >= 0.6 is 0 Å². The summed E-state index contributed by atoms with van der Waals surface area (Å²) >= 11 is 0. The van der Waals surface area contributed by atoms with Gasteiger partial charge in [0.2, 0.25) is 0 Å². The number of benzene rings is 4. The van der Waals surface area contributed by atoms with E-state index in [9.17, 15) is 0 Å². The Morgan fingerprint density at radius 3 is 2.27 bits per heavy atom. The summed E-state index contributed by atoms with van der Waals surface area (Å²) in [6, 6.07) is 29.3. The fraction of sp³-hybridized carbons (Fsp3) is 0.108. The fourth-order valence-electron chi connectivity index (χ4n) is 6.02. The minimum Gasteiger partial charge on any atom is -0.455 e. The molecule has 1 aliphatic carbocycles. The molecule has 6 aromatic rings. The third kappa shape index (κ3) is 3.94. The summed E-state index contributed by atoms with van der Waals surface area (Å²) < 4.78 is 6.84. The van der Waals surface area contributed by atoms with Gasteiger partial charge in [0.1, 0.15) is 11.2 Å². The predicted octanol–water partition coefficient (Wildman–Crippen LogP) is 9.56. The Bertz CT molecular complexity index is 2040. The Hall–Kier alpha value is -5.09. The van der Waals surface area contributed by atoms with E-state index in [2.05, 4.69) is 69.0 Å². The van der Waals surface area contributed by atoms with Gasteiger partial charge in [0, 0.05) is 27.3 Å². The van der Waals surface area contributed by atoms with Crippen LogP contribution in [0.3, 0.4) is 0 Å². The number of allylic oxidation sites excluding steroid dienone is 5. The summed E-state index contributed by atoms with van der Waals surface area (Å²) in [5, 5.41) is 2.15. The molecule has 2 heterocycles. The van der Waals surface area contributed by atoms with E-state index in [1.165, 1.54) is 22.3 Å². The topological polar surface area (TPSA) is 51.8 Å². The summed E-state index contributed by atoms with van der Waals surface area (Å²) in [6.45, 7) is 10.3. The quantitative estimate of drug-likeness (QED) is 0.208. The van der Waals surface area contributed by atoms with Crippen LogP contribution < -0.4 is 0 Å². The molecule has 4 nitrogen and oxygen atoms in total. The number of aromatic nitrogens is 3. The van der Waals surface area contributed by atoms with Gasteiger partial charge in [0.25, 0.3) is 0 Å². The first-order valence-corrected chi connectivity index (χ1v) is 13.8. The highest BCUT2D eigenvalue weighted by Crippen LogP contribution is 2.52. The summed E-state index contributed by atoms with van der Waals surface area (Å²) in [5.74, 6) is 1.82. The average molecular weight is 532 g/mol. The molecule has 0 aliphatic heterocycles. The lowest BCUT2D eigenvalue weighted by Gasteiger charge is -2.21. The smallest absolute Gasteiger partial charge is 0.167 e. The number of hydrogen-bond acceptors (Lipinski definition) is 4. The zero-order chi connectivity index (χ0) is 28.1. The molecule has 7 rings (SSSR count). The zero-order valence-corrected chi connectivity index (χ0v) is 23.3. The van der Waals surface area contributed by atoms with Crippen LogP contribution in [0, 0.1) is 0 Å². The van der Waals surface area contributed by atoms with Gasteiger partial charge in [0.05, 0.1) is 5.56 Å². The van der Waals surface area contributed by atoms with Crippen molar-refractivity contribution in [2.45, 2.75) is 26.2 Å². The van der Waals surface area contributed by atoms with Crippen molar-refractivity contribution >= 4 is 27.5 Å². The van der Waals surface area contributed by atoms with Crippen molar-refractivity contribution in [3.63, 3.8) is 0 Å². The van der Waals surface area contributed by atoms with Gasteiger partial charge >= 0.3 is 0 Å². The van der Waals surface area contributed by atoms with Crippen molar-refractivity contribution in [1.82, 2.24) is 15.0 Å². The van der Waals surface area contributed by atoms with E-state index < -0.39 is 0 Å². The molecule has 41 heavy (non-hydrogen) atoms. The van der Waals surface area contributed by atoms with Crippen molar-refractivity contribution in [3.05, 3.63) is 133 Å². The van der Waals surface area contributed by atoms with Gasteiger partial charge in [-0.3, -0.25) is 0 Å². The molecular formula is C37H29N3O. The Morgan fingerprint density at radius 1 is 0.707 bits per heavy atom. The summed E-state index contributed by atoms with van der Waals surface area (Å²) in [5.41, 5.74) is 9.30. The van der Waals surface area contributed by atoms with Crippen molar-refractivity contribution in [2.24, 2.45) is 0 Å². The molecule has 0 atom stereocenters. The van der Waals surface area contributed by atoms with Gasteiger partial charge in [-0.2, -0.15) is 0 Å². The molecule has 0 amide bonds. The number of hydrogen-bond donors (Lipinski definition) is 0. The Labute approximate surface area is 239 Å². The molecule has 0 unspecified atom stereocenters. The van der Waals surface area contributed by atoms with E-state index >= 15 is 0 Å². The van der Waals surface area contributed by atoms with Crippen LogP contribution in [0.5, 0.6) is 0 Å². The monoisotopic (exact) mass is 531 g/mol. The number of fused-ring (bicyclic) bond motifs is 7. The molecule has 0 radical (unpaired) electrons. The Balaban J connectivity index is 1.47. The molecule has 198 valence electrons. The van der Waals surface area contributed by atoms with E-state index in [0.717, 1.165) is 38.6 Å². The number of para-hydroxylation sites is 1. The second-order valence-electron chi connectivity index (χ2n) is 11.0. The van der Waals surface area contributed by atoms with Crippen molar-refractivity contribution in [3.8, 4) is 33.9 Å². The number of furan rings is 1. The van der Waals surface area contributed by atoms with Crippen LogP contribution in [0.2, 0.25) is 0 Å². The average Bonchev–Trinajstić information content (AvgIpc) is 3.50. The molecule has 1 aliphatic rings. The van der Waals surface area contributed by atoms with Gasteiger partial charge in [-0.05, 0) is 41.3 Å². The van der Waals surface area contributed by atoms with Crippen LogP contribution in [0.25, 0.3) is 61.4 Å². The molecular weight excluding hydrogens is 502 g/mol. The Morgan fingerprint density at radius 2 is 1.44 bits per heavy atom. The molecule has 0 N–H and O–H groups in total. The first-order valence-electron chi connectivity index (χ1n) is 13.8. The predicted molar refractivity (Wildman–Crippen MR) is 169 cm³/mol. The summed E-state index contributed by atoms with van der Waals surface area (Å²) in [7, 11) is 0. The van der Waals surface area contributed by atoms with Crippen LogP contribution in [-0.2, 0) is 5.41 Å². The lowest BCUT2D eigenvalue weighted by atomic mass is 9.82. The maximum Gasteiger partial charge on any atom is 0.167 e. The highest BCUT2D eigenvalue weighted by Gasteiger charge is 2.38. The lowest BCUT2D eigenvalue weighted by molar-refractivity contribution is 0.620. The second-order valence-corrected chi connectivity index (χ2v) is 11.0. The second kappa shape index (κ2) is 9.53. The maximum atomic E-state index is 6.84. The minimum atomic E-state index is -0.179. The van der Waals surface area contributed by atoms with Crippen molar-refractivity contribution in [1.29, 1.82) is 0 Å². The molecule has 4 heteroatoms. The molecule has 0 spiro atoms. The van der Waals surface area contributed by atoms with Crippen LogP contribution in [0.15, 0.2) is 120 Å². The third-order valence-corrected chi connectivity index (χ3v) is 8.04. The van der Waals surface area contributed by atoms with Crippen molar-refractivity contribution in [2.75, 3.05) is 0 Å². The highest BCUT2D eigenvalue weighted by atomic mass is 16.3. The van der Waals surface area contributed by atoms with E-state index in [0.29, 0.717) is 17.5 Å². The standard InChI is InChI=1S/C37H29N3O/c1-5-6-8-14-23(2)34-38-35(24-15-9-7-10-16-24)40-36(39-34)29-19-13-18-27-28-22-21-26-25-17-11-12-20-30(25)37(3,4)31(26)33(28)41-32(27)29/h5-22H,1H2,2-4H3/b8-6-,23-14+. The van der Waals surface area contributed by atoms with Crippen LogP contribution in [-0.4, -0.2) is 15.0 Å². The largest absolute Gasteiger partial charge is 0.455 e. The molecule has 2 aromatic heterocycles. The van der Waals surface area contributed by atoms with E-state index in [1.807, 2.05) is 61.5 Å². The first kappa shape index (κ1) is 24.9. The normalized spacial score (nSPS) is 14.1. The molecule has 0 bridgehead atoms. The van der Waals surface area contributed by atoms with Gasteiger partial charge in [-0.25, -0.2) is 15.0 Å². The molecule has 0 saturated carbocycles. The van der Waals surface area contributed by atoms with Gasteiger partial charge in [0.15, 0.2) is 17.5 Å². The molecule has 0 saturated heterocycles. The third-order valence-electron chi connectivity index (χ3n) is 8.04. The van der Waals surface area contributed by atoms with Crippen LogP contribution in [0.4, 0.5) is 0 Å². The lowest BCUT2D eigenvalue weighted by Crippen LogP contribution is -2.15. The molecule has 4 aromatic carbocycles. The Kier molecular flexibility index (Phi) is 5.79. The highest BCUT2D eigenvalue weighted by molar-refractivity contribution is 6.12. The summed E-state index contributed by atoms with van der Waals surface area (Å²) in [6.07, 6.45) is 7.56. The van der Waals surface area contributed by atoms with Crippen LogP contribution in [0.1, 0.15) is 37.7 Å². The van der Waals surface area contributed by atoms with Crippen molar-refractivity contribution < 1.29 is 4.42 Å². The summed E-state index contributed by atoms with van der Waals surface area (Å²) in [4.78, 5) is 14.8.